The fourth-order valence-corrected chi connectivity index (χ4v) is 3.27. The van der Waals surface area contributed by atoms with E-state index in [-0.39, 0.29) is 18.9 Å². The third kappa shape index (κ3) is 3.47. The summed E-state index contributed by atoms with van der Waals surface area (Å²) in [7, 11) is 0. The summed E-state index contributed by atoms with van der Waals surface area (Å²) in [5.74, 6) is -1.16. The Hall–Kier alpha value is -0.750. The average Bonchev–Trinajstić information content (AvgIpc) is 2.37. The zero-order valence-corrected chi connectivity index (χ0v) is 12.8. The highest BCUT2D eigenvalue weighted by atomic mass is 79.9. The Labute approximate surface area is 125 Å². The van der Waals surface area contributed by atoms with Crippen LogP contribution in [0, 0.1) is 5.92 Å². The molecule has 1 aliphatic heterocycles. The second kappa shape index (κ2) is 5.93. The second-order valence-corrected chi connectivity index (χ2v) is 6.15. The number of benzene rings is 1. The van der Waals surface area contributed by atoms with Crippen LogP contribution in [0.2, 0.25) is 0 Å². The van der Waals surface area contributed by atoms with Crippen LogP contribution < -0.4 is 10.6 Å². The molecule has 1 aromatic rings. The standard InChI is InChI=1S/C14H18BrF3N2/c1-9(19)12-3-2-11(8-13(12)15)20-6-4-10(5-7-20)14(16,17)18/h2-3,8-10H,4-7,19H2,1H3. The first-order valence-corrected chi connectivity index (χ1v) is 7.45. The first-order chi connectivity index (χ1) is 9.29. The lowest BCUT2D eigenvalue weighted by molar-refractivity contribution is -0.179. The minimum Gasteiger partial charge on any atom is -0.371 e. The first kappa shape index (κ1) is 15.6. The number of anilines is 1. The van der Waals surface area contributed by atoms with E-state index < -0.39 is 12.1 Å². The van der Waals surface area contributed by atoms with Crippen molar-refractivity contribution in [1.82, 2.24) is 0 Å². The molecule has 0 aromatic heterocycles. The third-order valence-electron chi connectivity index (χ3n) is 3.80. The summed E-state index contributed by atoms with van der Waals surface area (Å²) in [5.41, 5.74) is 7.79. The zero-order chi connectivity index (χ0) is 14.9. The van der Waals surface area contributed by atoms with Crippen molar-refractivity contribution in [1.29, 1.82) is 0 Å². The minimum absolute atomic E-state index is 0.0746. The number of nitrogens with zero attached hydrogens (tertiary/aromatic N) is 1. The molecule has 6 heteroatoms. The smallest absolute Gasteiger partial charge is 0.371 e. The van der Waals surface area contributed by atoms with Crippen molar-refractivity contribution in [2.24, 2.45) is 11.7 Å². The van der Waals surface area contributed by atoms with Crippen molar-refractivity contribution in [3.63, 3.8) is 0 Å². The molecule has 2 rings (SSSR count). The Bertz CT molecular complexity index is 466. The molecule has 2 nitrogen and oxygen atoms in total. The highest BCUT2D eigenvalue weighted by Gasteiger charge is 2.41. The van der Waals surface area contributed by atoms with Gasteiger partial charge in [-0.2, -0.15) is 13.2 Å². The van der Waals surface area contributed by atoms with E-state index in [1.165, 1.54) is 0 Å². The molecule has 1 heterocycles. The van der Waals surface area contributed by atoms with E-state index in [0.717, 1.165) is 15.7 Å². The first-order valence-electron chi connectivity index (χ1n) is 6.65. The molecule has 1 aromatic carbocycles. The van der Waals surface area contributed by atoms with Crippen molar-refractivity contribution >= 4 is 21.6 Å². The van der Waals surface area contributed by atoms with Crippen LogP contribution in [0.15, 0.2) is 22.7 Å². The van der Waals surface area contributed by atoms with E-state index in [4.69, 9.17) is 5.73 Å². The summed E-state index contributed by atoms with van der Waals surface area (Å²) in [6.45, 7) is 2.77. The molecule has 0 saturated carbocycles. The largest absolute Gasteiger partial charge is 0.391 e. The Morgan fingerprint density at radius 2 is 1.90 bits per heavy atom. The topological polar surface area (TPSA) is 29.3 Å². The Morgan fingerprint density at radius 3 is 2.35 bits per heavy atom. The Morgan fingerprint density at radius 1 is 1.30 bits per heavy atom. The van der Waals surface area contributed by atoms with Gasteiger partial charge in [0.25, 0.3) is 0 Å². The van der Waals surface area contributed by atoms with Crippen LogP contribution in [0.5, 0.6) is 0 Å². The molecule has 1 saturated heterocycles. The predicted octanol–water partition coefficient (Wildman–Crippen LogP) is 4.25. The minimum atomic E-state index is -4.06. The molecule has 0 amide bonds. The lowest BCUT2D eigenvalue weighted by atomic mass is 9.96. The molecule has 20 heavy (non-hydrogen) atoms. The van der Waals surface area contributed by atoms with Crippen LogP contribution in [-0.4, -0.2) is 19.3 Å². The summed E-state index contributed by atoms with van der Waals surface area (Å²) in [5, 5.41) is 0. The van der Waals surface area contributed by atoms with Gasteiger partial charge in [-0.05, 0) is 37.5 Å². The van der Waals surface area contributed by atoms with Crippen LogP contribution >= 0.6 is 15.9 Å². The van der Waals surface area contributed by atoms with Crippen LogP contribution in [0.3, 0.4) is 0 Å². The van der Waals surface area contributed by atoms with E-state index in [0.29, 0.717) is 13.1 Å². The van der Waals surface area contributed by atoms with E-state index in [1.54, 1.807) is 0 Å². The SMILES string of the molecule is CC(N)c1ccc(N2CCC(C(F)(F)F)CC2)cc1Br. The number of rotatable bonds is 2. The quantitative estimate of drug-likeness (QED) is 0.863. The maximum absolute atomic E-state index is 12.6. The summed E-state index contributed by atoms with van der Waals surface area (Å²) < 4.78 is 38.8. The van der Waals surface area contributed by atoms with Crippen LogP contribution in [0.25, 0.3) is 0 Å². The maximum Gasteiger partial charge on any atom is 0.391 e. The van der Waals surface area contributed by atoms with Crippen molar-refractivity contribution < 1.29 is 13.2 Å². The van der Waals surface area contributed by atoms with Crippen LogP contribution in [-0.2, 0) is 0 Å². The van der Waals surface area contributed by atoms with Gasteiger partial charge in [-0.1, -0.05) is 22.0 Å². The number of piperidine rings is 1. The van der Waals surface area contributed by atoms with E-state index in [2.05, 4.69) is 15.9 Å². The summed E-state index contributed by atoms with van der Waals surface area (Å²) in [6.07, 6.45) is -3.74. The van der Waals surface area contributed by atoms with Crippen molar-refractivity contribution in [2.45, 2.75) is 32.0 Å². The molecule has 0 spiro atoms. The summed E-state index contributed by atoms with van der Waals surface area (Å²) in [6, 6.07) is 5.72. The van der Waals surface area contributed by atoms with Crippen molar-refractivity contribution in [3.8, 4) is 0 Å². The summed E-state index contributed by atoms with van der Waals surface area (Å²) >= 11 is 3.47. The molecule has 1 unspecified atom stereocenters. The van der Waals surface area contributed by atoms with Crippen LogP contribution in [0.1, 0.15) is 31.4 Å². The molecule has 1 aliphatic rings. The van der Waals surface area contributed by atoms with Gasteiger partial charge in [0.05, 0.1) is 5.92 Å². The lowest BCUT2D eigenvalue weighted by Crippen LogP contribution is -2.39. The number of halogens is 4. The van der Waals surface area contributed by atoms with Gasteiger partial charge >= 0.3 is 6.18 Å². The van der Waals surface area contributed by atoms with Gasteiger partial charge in [0, 0.05) is 29.3 Å². The van der Waals surface area contributed by atoms with E-state index in [1.807, 2.05) is 30.0 Å². The molecular formula is C14H18BrF3N2. The van der Waals surface area contributed by atoms with Gasteiger partial charge in [-0.3, -0.25) is 0 Å². The number of hydrogen-bond acceptors (Lipinski definition) is 2. The molecule has 2 N–H and O–H groups in total. The molecule has 0 radical (unpaired) electrons. The normalized spacial score (nSPS) is 19.2. The summed E-state index contributed by atoms with van der Waals surface area (Å²) in [4.78, 5) is 2.00. The highest BCUT2D eigenvalue weighted by Crippen LogP contribution is 2.36. The molecule has 0 aliphatic carbocycles. The number of alkyl halides is 3. The molecule has 1 atom stereocenters. The zero-order valence-electron chi connectivity index (χ0n) is 11.3. The second-order valence-electron chi connectivity index (χ2n) is 5.30. The van der Waals surface area contributed by atoms with E-state index >= 15 is 0 Å². The van der Waals surface area contributed by atoms with Crippen LogP contribution in [0.4, 0.5) is 18.9 Å². The lowest BCUT2D eigenvalue weighted by Gasteiger charge is -2.34. The maximum atomic E-state index is 12.6. The van der Waals surface area contributed by atoms with E-state index in [9.17, 15) is 13.2 Å². The predicted molar refractivity (Wildman–Crippen MR) is 77.7 cm³/mol. The van der Waals surface area contributed by atoms with Gasteiger partial charge in [0.2, 0.25) is 0 Å². The highest BCUT2D eigenvalue weighted by molar-refractivity contribution is 9.10. The molecule has 1 fully saturated rings. The number of nitrogens with two attached hydrogens (primary N) is 1. The van der Waals surface area contributed by atoms with Gasteiger partial charge in [0.1, 0.15) is 0 Å². The average molecular weight is 351 g/mol. The van der Waals surface area contributed by atoms with Gasteiger partial charge < -0.3 is 10.6 Å². The molecule has 0 bridgehead atoms. The van der Waals surface area contributed by atoms with Crippen molar-refractivity contribution in [2.75, 3.05) is 18.0 Å². The third-order valence-corrected chi connectivity index (χ3v) is 4.48. The molecule has 112 valence electrons. The fourth-order valence-electron chi connectivity index (χ4n) is 2.55. The van der Waals surface area contributed by atoms with Gasteiger partial charge in [-0.15, -0.1) is 0 Å². The Balaban J connectivity index is 2.06. The van der Waals surface area contributed by atoms with Crippen molar-refractivity contribution in [3.05, 3.63) is 28.2 Å². The molecular weight excluding hydrogens is 333 g/mol. The van der Waals surface area contributed by atoms with Gasteiger partial charge in [0.15, 0.2) is 0 Å². The fraction of sp³-hybridized carbons (Fsp3) is 0.571. The Kier molecular flexibility index (Phi) is 4.64. The number of hydrogen-bond donors (Lipinski definition) is 1. The van der Waals surface area contributed by atoms with Gasteiger partial charge in [-0.25, -0.2) is 0 Å². The monoisotopic (exact) mass is 350 g/mol.